The summed E-state index contributed by atoms with van der Waals surface area (Å²) in [4.78, 5) is 25.3. The van der Waals surface area contributed by atoms with Crippen molar-refractivity contribution in [2.75, 3.05) is 28.6 Å². The molecular formula is C21H25N3O5S. The molecule has 0 spiro atoms. The van der Waals surface area contributed by atoms with Crippen molar-refractivity contribution in [1.29, 1.82) is 0 Å². The van der Waals surface area contributed by atoms with Gasteiger partial charge >= 0.3 is 0 Å². The lowest BCUT2D eigenvalue weighted by Crippen LogP contribution is -2.24. The molecule has 2 aromatic rings. The third-order valence-electron chi connectivity index (χ3n) is 4.87. The molecule has 3 rings (SSSR count). The zero-order valence-corrected chi connectivity index (χ0v) is 18.0. The number of methoxy groups -OCH3 is 1. The van der Waals surface area contributed by atoms with Gasteiger partial charge in [0.25, 0.3) is 10.0 Å². The molecule has 1 aliphatic heterocycles. The first kappa shape index (κ1) is 21.6. The van der Waals surface area contributed by atoms with Crippen molar-refractivity contribution in [2.24, 2.45) is 0 Å². The van der Waals surface area contributed by atoms with Gasteiger partial charge in [-0.1, -0.05) is 6.92 Å². The molecule has 8 nitrogen and oxygen atoms in total. The van der Waals surface area contributed by atoms with E-state index in [1.165, 1.54) is 13.2 Å². The Balaban J connectivity index is 1.84. The van der Waals surface area contributed by atoms with Crippen LogP contribution in [-0.2, 0) is 19.6 Å². The highest BCUT2D eigenvalue weighted by atomic mass is 32.2. The van der Waals surface area contributed by atoms with E-state index in [4.69, 9.17) is 4.74 Å². The smallest absolute Gasteiger partial charge is 0.262 e. The van der Waals surface area contributed by atoms with Crippen LogP contribution in [0.25, 0.3) is 0 Å². The van der Waals surface area contributed by atoms with Gasteiger partial charge in [0, 0.05) is 31.1 Å². The molecule has 0 atom stereocenters. The number of amides is 2. The molecule has 1 aliphatic rings. The van der Waals surface area contributed by atoms with Gasteiger partial charge in [0.05, 0.1) is 23.4 Å². The Bertz CT molecular complexity index is 1080. The number of sulfonamides is 1. The van der Waals surface area contributed by atoms with Crippen molar-refractivity contribution in [3.05, 3.63) is 42.0 Å². The number of carbonyl (C=O) groups is 2. The van der Waals surface area contributed by atoms with Crippen LogP contribution < -0.4 is 19.7 Å². The van der Waals surface area contributed by atoms with E-state index in [1.54, 1.807) is 49.1 Å². The molecule has 2 N–H and O–H groups in total. The van der Waals surface area contributed by atoms with Gasteiger partial charge in [-0.25, -0.2) is 8.42 Å². The van der Waals surface area contributed by atoms with Crippen LogP contribution in [0.15, 0.2) is 41.3 Å². The summed E-state index contributed by atoms with van der Waals surface area (Å²) in [6.07, 6.45) is 1.61. The predicted octanol–water partition coefficient (Wildman–Crippen LogP) is 3.28. The molecule has 0 radical (unpaired) electrons. The van der Waals surface area contributed by atoms with Crippen LogP contribution >= 0.6 is 0 Å². The fraction of sp³-hybridized carbons (Fsp3) is 0.333. The summed E-state index contributed by atoms with van der Waals surface area (Å²) >= 11 is 0. The second-order valence-corrected chi connectivity index (χ2v) is 8.67. The van der Waals surface area contributed by atoms with Crippen molar-refractivity contribution < 1.29 is 22.7 Å². The number of benzene rings is 2. The molecule has 0 bridgehead atoms. The van der Waals surface area contributed by atoms with E-state index < -0.39 is 10.0 Å². The number of nitrogens with zero attached hydrogens (tertiary/aromatic N) is 1. The first-order valence-electron chi connectivity index (χ1n) is 9.67. The number of aryl methyl sites for hydroxylation is 1. The Morgan fingerprint density at radius 1 is 1.17 bits per heavy atom. The summed E-state index contributed by atoms with van der Waals surface area (Å²) in [7, 11) is -2.38. The van der Waals surface area contributed by atoms with E-state index in [0.29, 0.717) is 47.8 Å². The van der Waals surface area contributed by atoms with Gasteiger partial charge < -0.3 is 15.0 Å². The minimum Gasteiger partial charge on any atom is -0.494 e. The van der Waals surface area contributed by atoms with E-state index in [0.717, 1.165) is 6.42 Å². The number of rotatable bonds is 7. The summed E-state index contributed by atoms with van der Waals surface area (Å²) < 4.78 is 33.7. The number of ether oxygens (including phenoxy) is 1. The number of hydrogen-bond acceptors (Lipinski definition) is 5. The second kappa shape index (κ2) is 8.74. The third kappa shape index (κ3) is 4.56. The Hall–Kier alpha value is -3.07. The molecule has 160 valence electrons. The predicted molar refractivity (Wildman–Crippen MR) is 115 cm³/mol. The van der Waals surface area contributed by atoms with E-state index in [-0.39, 0.29) is 16.7 Å². The first-order chi connectivity index (χ1) is 14.2. The molecule has 0 unspecified atom stereocenters. The third-order valence-corrected chi connectivity index (χ3v) is 6.41. The van der Waals surface area contributed by atoms with Crippen LogP contribution in [0.2, 0.25) is 0 Å². The Morgan fingerprint density at radius 3 is 2.50 bits per heavy atom. The average Bonchev–Trinajstić information content (AvgIpc) is 3.13. The molecule has 0 aliphatic carbocycles. The molecule has 0 saturated carbocycles. The monoisotopic (exact) mass is 431 g/mol. The first-order valence-corrected chi connectivity index (χ1v) is 11.1. The van der Waals surface area contributed by atoms with Gasteiger partial charge in [-0.3, -0.25) is 14.3 Å². The molecule has 9 heteroatoms. The van der Waals surface area contributed by atoms with Crippen LogP contribution in [0.3, 0.4) is 0 Å². The van der Waals surface area contributed by atoms with Crippen molar-refractivity contribution in [3.63, 3.8) is 0 Å². The topological polar surface area (TPSA) is 105 Å². The lowest BCUT2D eigenvalue weighted by molar-refractivity contribution is -0.117. The van der Waals surface area contributed by atoms with Crippen LogP contribution in [0, 0.1) is 6.92 Å². The van der Waals surface area contributed by atoms with Gasteiger partial charge in [-0.05, 0) is 49.2 Å². The zero-order chi connectivity index (χ0) is 21.9. The largest absolute Gasteiger partial charge is 0.494 e. The highest BCUT2D eigenvalue weighted by Crippen LogP contribution is 2.34. The SMILES string of the molecule is CCC(=O)Nc1ccc(S(=O)(=O)Nc2ccc(N3CCCC3=O)c(OC)c2)c(C)c1. The van der Waals surface area contributed by atoms with Gasteiger partial charge in [0.15, 0.2) is 0 Å². The highest BCUT2D eigenvalue weighted by molar-refractivity contribution is 7.92. The van der Waals surface area contributed by atoms with E-state index in [9.17, 15) is 18.0 Å². The van der Waals surface area contributed by atoms with Crippen molar-refractivity contribution in [1.82, 2.24) is 0 Å². The van der Waals surface area contributed by atoms with Gasteiger partial charge in [0.2, 0.25) is 11.8 Å². The molecule has 1 heterocycles. The normalized spacial score (nSPS) is 14.0. The molecule has 0 aromatic heterocycles. The number of anilines is 3. The maximum atomic E-state index is 12.9. The number of hydrogen-bond donors (Lipinski definition) is 2. The van der Waals surface area contributed by atoms with Crippen LogP contribution in [-0.4, -0.2) is 33.9 Å². The maximum absolute atomic E-state index is 12.9. The summed E-state index contributed by atoms with van der Waals surface area (Å²) in [6, 6.07) is 9.46. The van der Waals surface area contributed by atoms with Gasteiger partial charge in [-0.15, -0.1) is 0 Å². The Morgan fingerprint density at radius 2 is 1.90 bits per heavy atom. The maximum Gasteiger partial charge on any atom is 0.262 e. The zero-order valence-electron chi connectivity index (χ0n) is 17.2. The number of nitrogens with one attached hydrogen (secondary N) is 2. The summed E-state index contributed by atoms with van der Waals surface area (Å²) in [5.74, 6) is 0.291. The minimum absolute atomic E-state index is 0.0208. The number of carbonyl (C=O) groups excluding carboxylic acids is 2. The fourth-order valence-corrected chi connectivity index (χ4v) is 4.63. The lowest BCUT2D eigenvalue weighted by atomic mass is 10.2. The van der Waals surface area contributed by atoms with E-state index >= 15 is 0 Å². The van der Waals surface area contributed by atoms with Gasteiger partial charge in [0.1, 0.15) is 5.75 Å². The second-order valence-electron chi connectivity index (χ2n) is 7.02. The molecule has 30 heavy (non-hydrogen) atoms. The quantitative estimate of drug-likeness (QED) is 0.700. The van der Waals surface area contributed by atoms with E-state index in [1.807, 2.05) is 0 Å². The Labute approximate surface area is 176 Å². The Kier molecular flexibility index (Phi) is 6.31. The molecule has 1 saturated heterocycles. The fourth-order valence-electron chi connectivity index (χ4n) is 3.36. The lowest BCUT2D eigenvalue weighted by Gasteiger charge is -2.20. The van der Waals surface area contributed by atoms with Crippen molar-refractivity contribution in [2.45, 2.75) is 38.0 Å². The minimum atomic E-state index is -3.86. The highest BCUT2D eigenvalue weighted by Gasteiger charge is 2.25. The summed E-state index contributed by atoms with van der Waals surface area (Å²) in [6.45, 7) is 4.02. The summed E-state index contributed by atoms with van der Waals surface area (Å²) in [5.41, 5.74) is 1.99. The van der Waals surface area contributed by atoms with E-state index in [2.05, 4.69) is 10.0 Å². The van der Waals surface area contributed by atoms with Crippen LogP contribution in [0.4, 0.5) is 17.1 Å². The molecule has 2 aromatic carbocycles. The standard InChI is InChI=1S/C21H25N3O5S/c1-4-20(25)22-15-8-10-19(14(2)12-15)30(27,28)23-16-7-9-17(18(13-16)29-3)24-11-5-6-21(24)26/h7-10,12-13,23H,4-6,11H2,1-3H3,(H,22,25). The summed E-state index contributed by atoms with van der Waals surface area (Å²) in [5, 5.41) is 2.71. The van der Waals surface area contributed by atoms with Crippen LogP contribution in [0.5, 0.6) is 5.75 Å². The molecular weight excluding hydrogens is 406 g/mol. The van der Waals surface area contributed by atoms with Gasteiger partial charge in [-0.2, -0.15) is 0 Å². The molecule has 1 fully saturated rings. The average molecular weight is 432 g/mol. The van der Waals surface area contributed by atoms with Crippen molar-refractivity contribution in [3.8, 4) is 5.75 Å². The van der Waals surface area contributed by atoms with Crippen LogP contribution in [0.1, 0.15) is 31.7 Å². The van der Waals surface area contributed by atoms with Crippen molar-refractivity contribution >= 4 is 38.9 Å². The molecule has 2 amide bonds.